The number of fused-ring (bicyclic) bond motifs is 4. The summed E-state index contributed by atoms with van der Waals surface area (Å²) in [6.07, 6.45) is -7.42. The molecule has 10 atom stereocenters. The number of benzene rings is 2. The molecule has 0 radical (unpaired) electrons. The Morgan fingerprint density at radius 1 is 0.783 bits per heavy atom. The van der Waals surface area contributed by atoms with Crippen LogP contribution in [0.5, 0.6) is 0 Å². The minimum absolute atomic E-state index is 0.243. The lowest BCUT2D eigenvalue weighted by Crippen LogP contribution is -2.38. The summed E-state index contributed by atoms with van der Waals surface area (Å²) in [6.45, 7) is -9.37. The molecular formula is C24H22Cl4N4O10P2S2. The molecule has 5 heterocycles. The van der Waals surface area contributed by atoms with Gasteiger partial charge in [-0.05, 0) is 36.1 Å². The van der Waals surface area contributed by atoms with Crippen molar-refractivity contribution in [2.24, 2.45) is 0 Å². The summed E-state index contributed by atoms with van der Waals surface area (Å²) in [5, 5.41) is 23.7. The summed E-state index contributed by atoms with van der Waals surface area (Å²) < 4.78 is 51.2. The summed E-state index contributed by atoms with van der Waals surface area (Å²) >= 11 is 34.0. The van der Waals surface area contributed by atoms with Gasteiger partial charge in [0.25, 0.3) is 0 Å². The summed E-state index contributed by atoms with van der Waals surface area (Å²) in [6, 6.07) is 6.20. The van der Waals surface area contributed by atoms with Gasteiger partial charge in [0.05, 0.1) is 68.0 Å². The molecule has 3 fully saturated rings. The van der Waals surface area contributed by atoms with Gasteiger partial charge in [0.15, 0.2) is 12.5 Å². The van der Waals surface area contributed by atoms with Crippen LogP contribution in [0.25, 0.3) is 22.1 Å². The second-order valence-corrected chi connectivity index (χ2v) is 17.9. The van der Waals surface area contributed by atoms with Crippen molar-refractivity contribution in [3.8, 4) is 0 Å². The summed E-state index contributed by atoms with van der Waals surface area (Å²) in [5.74, 6) is 0. The number of halogens is 4. The summed E-state index contributed by atoms with van der Waals surface area (Å²) in [4.78, 5) is 19.6. The van der Waals surface area contributed by atoms with E-state index in [0.717, 1.165) is 0 Å². The van der Waals surface area contributed by atoms with E-state index in [1.165, 1.54) is 21.8 Å². The average molecular weight is 794 g/mol. The molecule has 0 spiro atoms. The van der Waals surface area contributed by atoms with Crippen LogP contribution in [0.3, 0.4) is 0 Å². The third kappa shape index (κ3) is 6.29. The molecule has 4 aromatic rings. The van der Waals surface area contributed by atoms with Crippen molar-refractivity contribution in [3.63, 3.8) is 0 Å². The van der Waals surface area contributed by atoms with E-state index in [2.05, 4.69) is 22.2 Å². The van der Waals surface area contributed by atoms with Crippen LogP contribution in [-0.2, 0) is 43.9 Å². The molecule has 0 saturated carbocycles. The molecule has 4 unspecified atom stereocenters. The third-order valence-corrected chi connectivity index (χ3v) is 12.3. The Balaban J connectivity index is 1.16. The molecule has 3 aliphatic heterocycles. The molecule has 2 aromatic carbocycles. The predicted octanol–water partition coefficient (Wildman–Crippen LogP) is 5.29. The molecule has 3 N–H and O–H groups in total. The van der Waals surface area contributed by atoms with E-state index in [9.17, 15) is 19.7 Å². The minimum atomic E-state index is -4.26. The molecule has 22 heteroatoms. The van der Waals surface area contributed by atoms with Crippen LogP contribution in [-0.4, -0.2) is 84.0 Å². The Bertz CT molecular complexity index is 1800. The molecule has 0 bridgehead atoms. The zero-order valence-electron chi connectivity index (χ0n) is 22.7. The van der Waals surface area contributed by atoms with Crippen LogP contribution in [0, 0.1) is 0 Å². The highest BCUT2D eigenvalue weighted by Crippen LogP contribution is 2.58. The lowest BCUT2D eigenvalue weighted by atomic mass is 10.1. The van der Waals surface area contributed by atoms with E-state index in [-0.39, 0.29) is 20.1 Å². The molecule has 0 amide bonds. The number of aromatic nitrogens is 4. The maximum Gasteiger partial charge on any atom is 0.386 e. The number of imidazole rings is 2. The highest BCUT2D eigenvalue weighted by Gasteiger charge is 2.52. The lowest BCUT2D eigenvalue weighted by Gasteiger charge is -2.29. The third-order valence-electron chi connectivity index (χ3n) is 7.71. The quantitative estimate of drug-likeness (QED) is 0.153. The highest BCUT2D eigenvalue weighted by molar-refractivity contribution is 8.44. The summed E-state index contributed by atoms with van der Waals surface area (Å²) in [5.41, 5.74) is 1.89. The van der Waals surface area contributed by atoms with E-state index in [1.54, 1.807) is 24.3 Å². The Hall–Kier alpha value is -0.590. The predicted molar refractivity (Wildman–Crippen MR) is 174 cm³/mol. The molecule has 2 aromatic heterocycles. The topological polar surface area (TPSA) is 169 Å². The van der Waals surface area contributed by atoms with E-state index < -0.39 is 75.8 Å². The van der Waals surface area contributed by atoms with Crippen molar-refractivity contribution < 1.29 is 47.2 Å². The molecular weight excluding hydrogens is 772 g/mol. The molecule has 3 aliphatic rings. The number of nitrogens with zero attached hydrogens (tertiary/aromatic N) is 4. The zero-order valence-corrected chi connectivity index (χ0v) is 29.3. The largest absolute Gasteiger partial charge is 0.386 e. The second-order valence-electron chi connectivity index (χ2n) is 10.6. The molecule has 248 valence electrons. The fraction of sp³-hybridized carbons (Fsp3) is 0.417. The van der Waals surface area contributed by atoms with Crippen molar-refractivity contribution in [3.05, 3.63) is 57.0 Å². The van der Waals surface area contributed by atoms with Gasteiger partial charge in [-0.25, -0.2) is 14.5 Å². The van der Waals surface area contributed by atoms with Crippen LogP contribution in [0.15, 0.2) is 36.9 Å². The number of thiol groups is 1. The fourth-order valence-corrected chi connectivity index (χ4v) is 9.15. The Morgan fingerprint density at radius 3 is 1.72 bits per heavy atom. The Morgan fingerprint density at radius 2 is 1.22 bits per heavy atom. The highest BCUT2D eigenvalue weighted by atomic mass is 35.5. The van der Waals surface area contributed by atoms with Gasteiger partial charge in [0.2, 0.25) is 0 Å². The lowest BCUT2D eigenvalue weighted by molar-refractivity contribution is -0.0575. The first kappa shape index (κ1) is 33.9. The fourth-order valence-electron chi connectivity index (χ4n) is 5.58. The van der Waals surface area contributed by atoms with Gasteiger partial charge in [0, 0.05) is 0 Å². The summed E-state index contributed by atoms with van der Waals surface area (Å²) in [7, 11) is 0. The van der Waals surface area contributed by atoms with Gasteiger partial charge in [0.1, 0.15) is 36.6 Å². The molecule has 14 nitrogen and oxygen atoms in total. The van der Waals surface area contributed by atoms with Gasteiger partial charge in [-0.15, -0.1) is 0 Å². The van der Waals surface area contributed by atoms with Gasteiger partial charge < -0.3 is 38.2 Å². The Kier molecular flexibility index (Phi) is 9.30. The van der Waals surface area contributed by atoms with E-state index in [0.29, 0.717) is 22.1 Å². The van der Waals surface area contributed by atoms with E-state index >= 15 is 0 Å². The monoisotopic (exact) mass is 792 g/mol. The Labute approximate surface area is 290 Å². The first-order valence-corrected chi connectivity index (χ1v) is 20.1. The molecule has 7 rings (SSSR count). The SMILES string of the molecule is O=P1(S)OC[C@H]2O[C@@H](n3cnc4cc(Cl)c(Cl)cc43)[C@@H](O)C2OP(O)(=S)OC[C@H]2O[C@@H](n3cnc4cc(Cl)c(Cl)cc43)C(O)[C@H]2O1. The molecule has 0 aliphatic carbocycles. The number of aliphatic hydroxyl groups is 2. The van der Waals surface area contributed by atoms with Crippen molar-refractivity contribution in [2.45, 2.75) is 49.1 Å². The number of rotatable bonds is 2. The standard InChI is InChI=1S/C24H22Cl4N4O10P2S2/c25-9-1-13-15(3-11(9)27)31(7-29-13)23-19(33)21-17(39-23)5-37-44(36,46)42-22-18(6-38-43(35,45)41-21)40-24(20(22)34)32-8-30-14-2-10(26)12(28)4-16(14)32/h1-4,7-8,17-24,33-34H,5-6H2,(H,35,45)(H,36,46)/t17-,18-,19+,20?,21?,22+,23-,24-,43?,44?/m1/s1. The normalized spacial score (nSPS) is 37.2. The molecule has 3 saturated heterocycles. The maximum absolute atomic E-state index is 13.5. The first-order valence-electron chi connectivity index (χ1n) is 13.3. The van der Waals surface area contributed by atoms with Crippen molar-refractivity contribution >= 4 is 106 Å². The second kappa shape index (κ2) is 12.6. The van der Waals surface area contributed by atoms with Crippen LogP contribution in [0.1, 0.15) is 12.5 Å². The van der Waals surface area contributed by atoms with E-state index in [4.69, 9.17) is 85.8 Å². The van der Waals surface area contributed by atoms with Crippen LogP contribution in [0.2, 0.25) is 20.1 Å². The zero-order chi connectivity index (χ0) is 32.7. The van der Waals surface area contributed by atoms with Crippen LogP contribution in [0.4, 0.5) is 0 Å². The number of ether oxygens (including phenoxy) is 2. The number of hydrogen-bond donors (Lipinski definition) is 4. The van der Waals surface area contributed by atoms with Gasteiger partial charge in [-0.1, -0.05) is 58.7 Å². The number of aliphatic hydroxyl groups excluding tert-OH is 2. The van der Waals surface area contributed by atoms with Gasteiger partial charge >= 0.3 is 13.5 Å². The van der Waals surface area contributed by atoms with Crippen molar-refractivity contribution in [1.82, 2.24) is 19.1 Å². The van der Waals surface area contributed by atoms with E-state index in [1.807, 2.05) is 0 Å². The average Bonchev–Trinajstić information content (AvgIpc) is 3.72. The van der Waals surface area contributed by atoms with Crippen molar-refractivity contribution in [1.29, 1.82) is 0 Å². The maximum atomic E-state index is 13.5. The minimum Gasteiger partial charge on any atom is -0.386 e. The first-order chi connectivity index (χ1) is 21.7. The van der Waals surface area contributed by atoms with Crippen molar-refractivity contribution in [2.75, 3.05) is 13.2 Å². The van der Waals surface area contributed by atoms with Gasteiger partial charge in [-0.3, -0.25) is 13.6 Å². The van der Waals surface area contributed by atoms with Crippen LogP contribution >= 0.6 is 72.2 Å². The number of hydrogen-bond acceptors (Lipinski definition) is 12. The molecule has 46 heavy (non-hydrogen) atoms. The smallest absolute Gasteiger partial charge is 0.386 e. The van der Waals surface area contributed by atoms with Gasteiger partial charge in [-0.2, -0.15) is 0 Å². The van der Waals surface area contributed by atoms with Crippen LogP contribution < -0.4 is 0 Å².